The predicted molar refractivity (Wildman–Crippen MR) is 141 cm³/mol. The summed E-state index contributed by atoms with van der Waals surface area (Å²) in [6, 6.07) is 21.1. The van der Waals surface area contributed by atoms with Crippen LogP contribution in [0.1, 0.15) is 44.4 Å². The van der Waals surface area contributed by atoms with E-state index in [1.165, 1.54) is 22.1 Å². The van der Waals surface area contributed by atoms with Gasteiger partial charge in [-0.1, -0.05) is 64.1 Å². The van der Waals surface area contributed by atoms with Gasteiger partial charge in [0.15, 0.2) is 5.58 Å². The second kappa shape index (κ2) is 7.05. The van der Waals surface area contributed by atoms with E-state index in [4.69, 9.17) is 13.8 Å². The molecule has 0 amide bonds. The Morgan fingerprint density at radius 3 is 2.46 bits per heavy atom. The standard InChI is InChI=1S/C31H26N2O2/c1-17(2)14-18-12-13-24-22(15-18)26-29(34-24)21-10-7-9-20(25(21)31(26,3)4)28-30-27(32-16-33-28)19-8-5-6-11-23(19)35-30/h5-13,15-17H,14H2,1-4H3. The Morgan fingerprint density at radius 1 is 0.800 bits per heavy atom. The maximum atomic E-state index is 6.50. The summed E-state index contributed by atoms with van der Waals surface area (Å²) in [6.45, 7) is 9.11. The fourth-order valence-electron chi connectivity index (χ4n) is 6.01. The average molecular weight is 459 g/mol. The van der Waals surface area contributed by atoms with Crippen molar-refractivity contribution in [3.8, 4) is 22.6 Å². The highest BCUT2D eigenvalue weighted by Gasteiger charge is 2.42. The van der Waals surface area contributed by atoms with Crippen molar-refractivity contribution in [2.24, 2.45) is 5.92 Å². The minimum Gasteiger partial charge on any atom is -0.456 e. The lowest BCUT2D eigenvalue weighted by atomic mass is 9.78. The smallest absolute Gasteiger partial charge is 0.180 e. The van der Waals surface area contributed by atoms with Gasteiger partial charge in [0, 0.05) is 32.9 Å². The first-order chi connectivity index (χ1) is 16.9. The van der Waals surface area contributed by atoms with Gasteiger partial charge < -0.3 is 8.83 Å². The molecule has 6 aromatic rings. The Kier molecular flexibility index (Phi) is 4.12. The molecule has 0 unspecified atom stereocenters. The highest BCUT2D eigenvalue weighted by atomic mass is 16.3. The van der Waals surface area contributed by atoms with Crippen LogP contribution in [0.4, 0.5) is 0 Å². The highest BCUT2D eigenvalue weighted by molar-refractivity contribution is 6.07. The highest BCUT2D eigenvalue weighted by Crippen LogP contribution is 2.56. The molecule has 0 saturated heterocycles. The molecular formula is C31H26N2O2. The molecule has 0 radical (unpaired) electrons. The minimum atomic E-state index is -0.258. The number of aromatic nitrogens is 2. The van der Waals surface area contributed by atoms with Crippen LogP contribution in [-0.2, 0) is 11.8 Å². The van der Waals surface area contributed by atoms with Gasteiger partial charge in [0.25, 0.3) is 0 Å². The zero-order valence-electron chi connectivity index (χ0n) is 20.3. The topological polar surface area (TPSA) is 52.1 Å². The van der Waals surface area contributed by atoms with Crippen molar-refractivity contribution in [2.75, 3.05) is 0 Å². The van der Waals surface area contributed by atoms with Crippen LogP contribution >= 0.6 is 0 Å². The molecule has 0 fully saturated rings. The number of nitrogens with zero attached hydrogens (tertiary/aromatic N) is 2. The zero-order valence-corrected chi connectivity index (χ0v) is 20.3. The zero-order chi connectivity index (χ0) is 23.9. The van der Waals surface area contributed by atoms with Gasteiger partial charge in [0.2, 0.25) is 0 Å². The summed E-state index contributed by atoms with van der Waals surface area (Å²) in [5, 5.41) is 2.22. The first kappa shape index (κ1) is 20.5. The van der Waals surface area contributed by atoms with Gasteiger partial charge in [-0.05, 0) is 47.7 Å². The SMILES string of the molecule is CC(C)Cc1ccc2oc3c(c2c1)C(C)(C)c1c-3cccc1-c1ncnc2c1oc1ccccc12. The van der Waals surface area contributed by atoms with E-state index < -0.39 is 0 Å². The van der Waals surface area contributed by atoms with Crippen molar-refractivity contribution < 1.29 is 8.83 Å². The van der Waals surface area contributed by atoms with E-state index in [9.17, 15) is 0 Å². The molecule has 0 bridgehead atoms. The lowest BCUT2D eigenvalue weighted by Gasteiger charge is -2.24. The molecular weight excluding hydrogens is 432 g/mol. The Morgan fingerprint density at radius 2 is 1.60 bits per heavy atom. The predicted octanol–water partition coefficient (Wildman–Crippen LogP) is 8.29. The largest absolute Gasteiger partial charge is 0.456 e. The van der Waals surface area contributed by atoms with E-state index in [2.05, 4.69) is 69.1 Å². The number of fused-ring (bicyclic) bond motifs is 8. The third-order valence-electron chi connectivity index (χ3n) is 7.37. The summed E-state index contributed by atoms with van der Waals surface area (Å²) < 4.78 is 12.8. The summed E-state index contributed by atoms with van der Waals surface area (Å²) in [5.74, 6) is 1.58. The van der Waals surface area contributed by atoms with Gasteiger partial charge in [-0.2, -0.15) is 0 Å². The van der Waals surface area contributed by atoms with Crippen LogP contribution in [-0.4, -0.2) is 9.97 Å². The first-order valence-corrected chi connectivity index (χ1v) is 12.3. The van der Waals surface area contributed by atoms with E-state index in [-0.39, 0.29) is 5.41 Å². The van der Waals surface area contributed by atoms with Gasteiger partial charge >= 0.3 is 0 Å². The van der Waals surface area contributed by atoms with Crippen LogP contribution in [0.2, 0.25) is 0 Å². The third kappa shape index (κ3) is 2.80. The van der Waals surface area contributed by atoms with Gasteiger partial charge in [-0.3, -0.25) is 0 Å². The summed E-state index contributed by atoms with van der Waals surface area (Å²) in [4.78, 5) is 9.30. The van der Waals surface area contributed by atoms with E-state index in [1.54, 1.807) is 6.33 Å². The molecule has 0 N–H and O–H groups in total. The van der Waals surface area contributed by atoms with Crippen LogP contribution in [0.25, 0.3) is 55.6 Å². The van der Waals surface area contributed by atoms with Crippen molar-refractivity contribution >= 4 is 33.0 Å². The second-order valence-corrected chi connectivity index (χ2v) is 10.6. The minimum absolute atomic E-state index is 0.258. The van der Waals surface area contributed by atoms with E-state index in [0.29, 0.717) is 5.92 Å². The second-order valence-electron chi connectivity index (χ2n) is 10.6. The Bertz CT molecular complexity index is 1790. The number of hydrogen-bond acceptors (Lipinski definition) is 4. The van der Waals surface area contributed by atoms with Crippen LogP contribution in [0.5, 0.6) is 0 Å². The van der Waals surface area contributed by atoms with Crippen molar-refractivity contribution in [3.05, 3.63) is 83.7 Å². The summed E-state index contributed by atoms with van der Waals surface area (Å²) in [5.41, 5.74) is 9.95. The lowest BCUT2D eigenvalue weighted by Crippen LogP contribution is -2.16. The van der Waals surface area contributed by atoms with E-state index in [1.807, 2.05) is 24.3 Å². The molecule has 4 nitrogen and oxygen atoms in total. The quantitative estimate of drug-likeness (QED) is 0.268. The Hall–Kier alpha value is -3.92. The molecule has 3 aromatic heterocycles. The molecule has 4 heteroatoms. The lowest BCUT2D eigenvalue weighted by molar-refractivity contribution is 0.619. The van der Waals surface area contributed by atoms with Crippen LogP contribution in [0.3, 0.4) is 0 Å². The number of furan rings is 2. The number of rotatable bonds is 3. The van der Waals surface area contributed by atoms with Gasteiger partial charge in [-0.15, -0.1) is 0 Å². The fourth-order valence-corrected chi connectivity index (χ4v) is 6.01. The number of benzene rings is 3. The molecule has 0 atom stereocenters. The molecule has 0 saturated carbocycles. The van der Waals surface area contributed by atoms with Crippen molar-refractivity contribution in [1.29, 1.82) is 0 Å². The van der Waals surface area contributed by atoms with E-state index >= 15 is 0 Å². The first-order valence-electron chi connectivity index (χ1n) is 12.3. The number of hydrogen-bond donors (Lipinski definition) is 0. The maximum Gasteiger partial charge on any atom is 0.180 e. The van der Waals surface area contributed by atoms with Crippen LogP contribution in [0, 0.1) is 5.92 Å². The van der Waals surface area contributed by atoms with Gasteiger partial charge in [0.05, 0.1) is 0 Å². The molecule has 3 aromatic carbocycles. The molecule has 7 rings (SSSR count). The summed E-state index contributed by atoms with van der Waals surface area (Å²) in [7, 11) is 0. The average Bonchev–Trinajstić information content (AvgIpc) is 3.47. The molecule has 0 spiro atoms. The van der Waals surface area contributed by atoms with Gasteiger partial charge in [0.1, 0.15) is 34.5 Å². The molecule has 1 aliphatic rings. The molecule has 1 aliphatic carbocycles. The van der Waals surface area contributed by atoms with E-state index in [0.717, 1.165) is 56.7 Å². The normalized spacial score (nSPS) is 14.3. The maximum absolute atomic E-state index is 6.50. The Labute approximate surface area is 203 Å². The molecule has 3 heterocycles. The summed E-state index contributed by atoms with van der Waals surface area (Å²) >= 11 is 0. The van der Waals surface area contributed by atoms with Crippen LogP contribution < -0.4 is 0 Å². The monoisotopic (exact) mass is 458 g/mol. The molecule has 0 aliphatic heterocycles. The van der Waals surface area contributed by atoms with Crippen LogP contribution in [0.15, 0.2) is 75.8 Å². The Balaban J connectivity index is 1.49. The molecule has 172 valence electrons. The fraction of sp³-hybridized carbons (Fsp3) is 0.226. The van der Waals surface area contributed by atoms with Crippen molar-refractivity contribution in [3.63, 3.8) is 0 Å². The number of para-hydroxylation sites is 1. The summed E-state index contributed by atoms with van der Waals surface area (Å²) in [6.07, 6.45) is 2.70. The van der Waals surface area contributed by atoms with Crippen molar-refractivity contribution in [2.45, 2.75) is 39.5 Å². The molecule has 35 heavy (non-hydrogen) atoms. The third-order valence-corrected chi connectivity index (χ3v) is 7.37. The van der Waals surface area contributed by atoms with Gasteiger partial charge in [-0.25, -0.2) is 9.97 Å². The van der Waals surface area contributed by atoms with Crippen molar-refractivity contribution in [1.82, 2.24) is 9.97 Å².